The molecule has 16 heavy (non-hydrogen) atoms. The maximum Gasteiger partial charge on any atom is 0.220 e. The number of thiazole rings is 1. The Kier molecular flexibility index (Phi) is 4.44. The number of amides is 1. The number of nitrogens with zero attached hydrogens (tertiary/aromatic N) is 1. The molecule has 90 valence electrons. The third-order valence-corrected chi connectivity index (χ3v) is 3.15. The lowest BCUT2D eigenvalue weighted by Crippen LogP contribution is -2.35. The van der Waals surface area contributed by atoms with Crippen LogP contribution in [0.25, 0.3) is 0 Å². The highest BCUT2D eigenvalue weighted by atomic mass is 32.1. The normalized spacial score (nSPS) is 13.5. The fraction of sp³-hybridized carbons (Fsp3) is 0.636. The zero-order valence-corrected chi connectivity index (χ0v) is 10.8. The molecule has 0 aliphatic carbocycles. The van der Waals surface area contributed by atoms with Crippen LogP contribution in [0.3, 0.4) is 0 Å². The summed E-state index contributed by atoms with van der Waals surface area (Å²) in [5.41, 5.74) is 5.53. The smallest absolute Gasteiger partial charge is 0.220 e. The highest BCUT2D eigenvalue weighted by molar-refractivity contribution is 7.09. The predicted octanol–water partition coefficient (Wildman–Crippen LogP) is 1.84. The molecule has 1 atom stereocenters. The average Bonchev–Trinajstić information content (AvgIpc) is 2.66. The van der Waals surface area contributed by atoms with Gasteiger partial charge in [0.15, 0.2) is 0 Å². The molecule has 0 radical (unpaired) electrons. The third-order valence-electron chi connectivity index (χ3n) is 2.20. The summed E-state index contributed by atoms with van der Waals surface area (Å²) in [5, 5.41) is 5.74. The fourth-order valence-corrected chi connectivity index (χ4v) is 1.91. The molecule has 3 N–H and O–H groups in total. The van der Waals surface area contributed by atoms with Crippen LogP contribution < -0.4 is 11.1 Å². The van der Waals surface area contributed by atoms with Crippen molar-refractivity contribution in [1.82, 2.24) is 10.3 Å². The average molecular weight is 241 g/mol. The Morgan fingerprint density at radius 3 is 2.88 bits per heavy atom. The van der Waals surface area contributed by atoms with Gasteiger partial charge in [-0.1, -0.05) is 0 Å². The lowest BCUT2D eigenvalue weighted by molar-refractivity contribution is -0.122. The lowest BCUT2D eigenvalue weighted by Gasteiger charge is -2.18. The first-order valence-electron chi connectivity index (χ1n) is 5.36. The van der Waals surface area contributed by atoms with Crippen LogP contribution in [0.2, 0.25) is 0 Å². The Hall–Kier alpha value is -0.940. The summed E-state index contributed by atoms with van der Waals surface area (Å²) in [4.78, 5) is 15.8. The first kappa shape index (κ1) is 13.1. The molecule has 1 aromatic heterocycles. The molecule has 0 aliphatic rings. The van der Waals surface area contributed by atoms with Crippen molar-refractivity contribution in [2.24, 2.45) is 5.73 Å². The van der Waals surface area contributed by atoms with Crippen LogP contribution in [0.5, 0.6) is 0 Å². The van der Waals surface area contributed by atoms with E-state index in [1.165, 1.54) is 0 Å². The van der Waals surface area contributed by atoms with Gasteiger partial charge in [-0.2, -0.15) is 0 Å². The van der Waals surface area contributed by atoms with Gasteiger partial charge in [-0.15, -0.1) is 11.3 Å². The van der Waals surface area contributed by atoms with Gasteiger partial charge in [-0.25, -0.2) is 4.98 Å². The van der Waals surface area contributed by atoms with Crippen molar-refractivity contribution in [3.63, 3.8) is 0 Å². The van der Waals surface area contributed by atoms with E-state index in [4.69, 9.17) is 5.73 Å². The number of aromatic nitrogens is 1. The number of carbonyl (C=O) groups is 1. The quantitative estimate of drug-likeness (QED) is 0.826. The molecule has 1 unspecified atom stereocenters. The van der Waals surface area contributed by atoms with Crippen LogP contribution in [0.1, 0.15) is 44.7 Å². The number of nitrogens with two attached hydrogens (primary N) is 1. The van der Waals surface area contributed by atoms with Crippen molar-refractivity contribution in [1.29, 1.82) is 0 Å². The Balaban J connectivity index is 2.35. The minimum Gasteiger partial charge on any atom is -0.347 e. The molecule has 1 amide bonds. The Bertz CT molecular complexity index is 329. The van der Waals surface area contributed by atoms with E-state index in [2.05, 4.69) is 10.3 Å². The van der Waals surface area contributed by atoms with Crippen molar-refractivity contribution in [2.45, 2.75) is 45.2 Å². The molecule has 0 saturated carbocycles. The predicted molar refractivity (Wildman–Crippen MR) is 66.2 cm³/mol. The monoisotopic (exact) mass is 241 g/mol. The summed E-state index contributed by atoms with van der Waals surface area (Å²) >= 11 is 1.55. The van der Waals surface area contributed by atoms with Crippen LogP contribution in [0.4, 0.5) is 0 Å². The highest BCUT2D eigenvalue weighted by Crippen LogP contribution is 2.15. The van der Waals surface area contributed by atoms with Gasteiger partial charge in [0.25, 0.3) is 0 Å². The highest BCUT2D eigenvalue weighted by Gasteiger charge is 2.15. The van der Waals surface area contributed by atoms with Gasteiger partial charge in [0.1, 0.15) is 5.01 Å². The molecule has 1 rings (SSSR count). The summed E-state index contributed by atoms with van der Waals surface area (Å²) in [6.07, 6.45) is 2.88. The molecular weight excluding hydrogens is 222 g/mol. The van der Waals surface area contributed by atoms with E-state index in [-0.39, 0.29) is 17.5 Å². The molecule has 0 spiro atoms. The molecule has 5 heteroatoms. The van der Waals surface area contributed by atoms with Gasteiger partial charge in [0.2, 0.25) is 5.91 Å². The molecule has 0 fully saturated rings. The van der Waals surface area contributed by atoms with E-state index in [1.54, 1.807) is 17.5 Å². The number of nitrogens with one attached hydrogen (secondary N) is 1. The minimum absolute atomic E-state index is 0.0200. The van der Waals surface area contributed by atoms with Crippen LogP contribution in [0.15, 0.2) is 11.6 Å². The van der Waals surface area contributed by atoms with E-state index >= 15 is 0 Å². The summed E-state index contributed by atoms with van der Waals surface area (Å²) in [6, 6.07) is -0.0200. The van der Waals surface area contributed by atoms with Gasteiger partial charge in [0, 0.05) is 23.5 Å². The van der Waals surface area contributed by atoms with E-state index < -0.39 is 0 Å². The number of hydrogen-bond donors (Lipinski definition) is 2. The summed E-state index contributed by atoms with van der Waals surface area (Å²) in [7, 11) is 0. The fourth-order valence-electron chi connectivity index (χ4n) is 1.26. The Morgan fingerprint density at radius 1 is 1.69 bits per heavy atom. The van der Waals surface area contributed by atoms with Gasteiger partial charge in [0.05, 0.1) is 6.04 Å². The molecule has 1 aromatic rings. The Morgan fingerprint density at radius 2 is 2.38 bits per heavy atom. The zero-order chi connectivity index (χ0) is 12.2. The van der Waals surface area contributed by atoms with E-state index in [0.717, 1.165) is 5.01 Å². The van der Waals surface area contributed by atoms with Crippen molar-refractivity contribution >= 4 is 17.2 Å². The second-order valence-corrected chi connectivity index (χ2v) is 5.57. The summed E-state index contributed by atoms with van der Waals surface area (Å²) < 4.78 is 0. The number of carbonyl (C=O) groups excluding carboxylic acids is 1. The van der Waals surface area contributed by atoms with Crippen molar-refractivity contribution in [3.05, 3.63) is 16.6 Å². The van der Waals surface area contributed by atoms with Gasteiger partial charge < -0.3 is 11.1 Å². The lowest BCUT2D eigenvalue weighted by atomic mass is 10.00. The van der Waals surface area contributed by atoms with Gasteiger partial charge >= 0.3 is 0 Å². The van der Waals surface area contributed by atoms with Gasteiger partial charge in [-0.3, -0.25) is 4.79 Å². The van der Waals surface area contributed by atoms with Crippen LogP contribution in [0, 0.1) is 0 Å². The molecule has 0 aromatic carbocycles. The second kappa shape index (κ2) is 5.41. The molecule has 0 aliphatic heterocycles. The molecule has 0 saturated heterocycles. The first-order chi connectivity index (χ1) is 7.38. The van der Waals surface area contributed by atoms with Crippen molar-refractivity contribution in [2.75, 3.05) is 0 Å². The topological polar surface area (TPSA) is 68.0 Å². The second-order valence-electron chi connectivity index (χ2n) is 4.65. The maximum absolute atomic E-state index is 11.6. The largest absolute Gasteiger partial charge is 0.347 e. The zero-order valence-electron chi connectivity index (χ0n) is 9.99. The Labute approximate surface area is 100 Å². The third kappa shape index (κ3) is 4.72. The number of rotatable bonds is 5. The standard InChI is InChI=1S/C11H19N3OS/c1-8(10-13-6-7-16-10)14-9(15)4-5-11(2,3)12/h6-8H,4-5,12H2,1-3H3,(H,14,15). The van der Waals surface area contributed by atoms with E-state index in [9.17, 15) is 4.79 Å². The molecule has 0 bridgehead atoms. The first-order valence-corrected chi connectivity index (χ1v) is 6.24. The number of hydrogen-bond acceptors (Lipinski definition) is 4. The van der Waals surface area contributed by atoms with Crippen LogP contribution >= 0.6 is 11.3 Å². The minimum atomic E-state index is -0.290. The van der Waals surface area contributed by atoms with E-state index in [0.29, 0.717) is 12.8 Å². The van der Waals surface area contributed by atoms with Gasteiger partial charge in [-0.05, 0) is 27.2 Å². The van der Waals surface area contributed by atoms with E-state index in [1.807, 2.05) is 26.2 Å². The maximum atomic E-state index is 11.6. The molecule has 1 heterocycles. The van der Waals surface area contributed by atoms with Crippen LogP contribution in [-0.2, 0) is 4.79 Å². The summed E-state index contributed by atoms with van der Waals surface area (Å²) in [6.45, 7) is 5.78. The summed E-state index contributed by atoms with van der Waals surface area (Å²) in [5.74, 6) is 0.0289. The molecular formula is C11H19N3OS. The van der Waals surface area contributed by atoms with Crippen molar-refractivity contribution < 1.29 is 4.79 Å². The SMILES string of the molecule is CC(NC(=O)CCC(C)(C)N)c1nccs1. The molecule has 4 nitrogen and oxygen atoms in total. The van der Waals surface area contributed by atoms with Crippen LogP contribution in [-0.4, -0.2) is 16.4 Å². The van der Waals surface area contributed by atoms with Crippen molar-refractivity contribution in [3.8, 4) is 0 Å².